The van der Waals surface area contributed by atoms with Crippen molar-refractivity contribution in [1.29, 1.82) is 0 Å². The molecule has 126 valence electrons. The SMILES string of the molecule is CCOc1ccc(Cn2c(C)nc3c(C)cc(CO)cc32)c(Cl)c1. The quantitative estimate of drug-likeness (QED) is 0.752. The number of aryl methyl sites for hydroxylation is 2. The van der Waals surface area contributed by atoms with E-state index in [4.69, 9.17) is 16.3 Å². The highest BCUT2D eigenvalue weighted by Crippen LogP contribution is 2.27. The summed E-state index contributed by atoms with van der Waals surface area (Å²) in [5.74, 6) is 1.70. The first-order valence-electron chi connectivity index (χ1n) is 8.02. The summed E-state index contributed by atoms with van der Waals surface area (Å²) in [6.07, 6.45) is 0. The Bertz CT molecular complexity index is 887. The van der Waals surface area contributed by atoms with E-state index in [9.17, 15) is 5.11 Å². The van der Waals surface area contributed by atoms with Crippen molar-refractivity contribution < 1.29 is 9.84 Å². The highest BCUT2D eigenvalue weighted by atomic mass is 35.5. The molecular formula is C19H21ClN2O2. The van der Waals surface area contributed by atoms with Crippen molar-refractivity contribution in [3.05, 3.63) is 57.9 Å². The minimum atomic E-state index is 0.0187. The minimum absolute atomic E-state index is 0.0187. The van der Waals surface area contributed by atoms with Crippen molar-refractivity contribution in [2.75, 3.05) is 6.61 Å². The Labute approximate surface area is 146 Å². The molecule has 0 unspecified atom stereocenters. The van der Waals surface area contributed by atoms with Gasteiger partial charge in [0.05, 0.1) is 30.8 Å². The lowest BCUT2D eigenvalue weighted by Crippen LogP contribution is -2.03. The fraction of sp³-hybridized carbons (Fsp3) is 0.316. The third-order valence-electron chi connectivity index (χ3n) is 4.14. The second-order valence-corrected chi connectivity index (χ2v) is 6.28. The lowest BCUT2D eigenvalue weighted by atomic mass is 10.1. The number of benzene rings is 2. The molecule has 0 atom stereocenters. The molecule has 0 aliphatic heterocycles. The van der Waals surface area contributed by atoms with E-state index in [0.29, 0.717) is 18.2 Å². The Morgan fingerprint density at radius 3 is 2.67 bits per heavy atom. The van der Waals surface area contributed by atoms with Crippen LogP contribution in [0.5, 0.6) is 5.75 Å². The first kappa shape index (κ1) is 16.8. The lowest BCUT2D eigenvalue weighted by Gasteiger charge is -2.11. The number of ether oxygens (including phenoxy) is 1. The predicted octanol–water partition coefficient (Wildman–Crippen LogP) is 4.25. The summed E-state index contributed by atoms with van der Waals surface area (Å²) in [5.41, 5.74) is 4.94. The molecule has 0 radical (unpaired) electrons. The van der Waals surface area contributed by atoms with Crippen LogP contribution < -0.4 is 4.74 Å². The van der Waals surface area contributed by atoms with E-state index in [-0.39, 0.29) is 6.61 Å². The third-order valence-corrected chi connectivity index (χ3v) is 4.49. The van der Waals surface area contributed by atoms with Gasteiger partial charge in [-0.2, -0.15) is 0 Å². The molecule has 0 saturated heterocycles. The molecule has 4 nitrogen and oxygen atoms in total. The zero-order valence-electron chi connectivity index (χ0n) is 14.1. The number of hydrogen-bond donors (Lipinski definition) is 1. The number of halogens is 1. The summed E-state index contributed by atoms with van der Waals surface area (Å²) < 4.78 is 7.61. The Morgan fingerprint density at radius 2 is 2.00 bits per heavy atom. The molecule has 0 aliphatic carbocycles. The first-order valence-corrected chi connectivity index (χ1v) is 8.39. The maximum absolute atomic E-state index is 9.47. The first-order chi connectivity index (χ1) is 11.5. The van der Waals surface area contributed by atoms with Crippen LogP contribution in [-0.2, 0) is 13.2 Å². The number of hydrogen-bond acceptors (Lipinski definition) is 3. The molecule has 3 aromatic rings. The van der Waals surface area contributed by atoms with E-state index in [1.54, 1.807) is 0 Å². The van der Waals surface area contributed by atoms with Crippen LogP contribution in [0.15, 0.2) is 30.3 Å². The number of aliphatic hydroxyl groups is 1. The zero-order valence-corrected chi connectivity index (χ0v) is 14.9. The van der Waals surface area contributed by atoms with E-state index in [1.165, 1.54) is 0 Å². The van der Waals surface area contributed by atoms with Gasteiger partial charge in [0, 0.05) is 5.02 Å². The average Bonchev–Trinajstić information content (AvgIpc) is 2.87. The molecule has 1 N–H and O–H groups in total. The Morgan fingerprint density at radius 1 is 1.21 bits per heavy atom. The molecule has 5 heteroatoms. The van der Waals surface area contributed by atoms with Crippen LogP contribution in [0.3, 0.4) is 0 Å². The summed E-state index contributed by atoms with van der Waals surface area (Å²) >= 11 is 6.42. The van der Waals surface area contributed by atoms with E-state index < -0.39 is 0 Å². The number of aliphatic hydroxyl groups excluding tert-OH is 1. The van der Waals surface area contributed by atoms with Gasteiger partial charge in [-0.1, -0.05) is 23.7 Å². The van der Waals surface area contributed by atoms with E-state index in [0.717, 1.165) is 39.3 Å². The van der Waals surface area contributed by atoms with Crippen molar-refractivity contribution in [1.82, 2.24) is 9.55 Å². The molecule has 24 heavy (non-hydrogen) atoms. The molecule has 0 bridgehead atoms. The summed E-state index contributed by atoms with van der Waals surface area (Å²) in [6, 6.07) is 9.73. The van der Waals surface area contributed by atoms with Crippen LogP contribution in [0.1, 0.15) is 29.4 Å². The molecule has 1 aromatic heterocycles. The minimum Gasteiger partial charge on any atom is -0.494 e. The standard InChI is InChI=1S/C19H21ClN2O2/c1-4-24-16-6-5-15(17(20)9-16)10-22-13(3)21-19-12(2)7-14(11-23)8-18(19)22/h5-9,23H,4,10-11H2,1-3H3. The van der Waals surface area contributed by atoms with Crippen LogP contribution in [0.4, 0.5) is 0 Å². The van der Waals surface area contributed by atoms with E-state index >= 15 is 0 Å². The second kappa shape index (κ2) is 6.83. The molecule has 3 rings (SSSR count). The lowest BCUT2D eigenvalue weighted by molar-refractivity contribution is 0.282. The van der Waals surface area contributed by atoms with Gasteiger partial charge in [0.2, 0.25) is 0 Å². The van der Waals surface area contributed by atoms with Crippen LogP contribution in [0, 0.1) is 13.8 Å². The van der Waals surface area contributed by atoms with Gasteiger partial charge in [0.1, 0.15) is 11.6 Å². The number of imidazole rings is 1. The molecular weight excluding hydrogens is 324 g/mol. The van der Waals surface area contributed by atoms with Gasteiger partial charge >= 0.3 is 0 Å². The number of fused-ring (bicyclic) bond motifs is 1. The zero-order chi connectivity index (χ0) is 17.3. The Hall–Kier alpha value is -2.04. The highest BCUT2D eigenvalue weighted by Gasteiger charge is 2.13. The Balaban J connectivity index is 2.04. The van der Waals surface area contributed by atoms with Crippen LogP contribution in [0.2, 0.25) is 5.02 Å². The van der Waals surface area contributed by atoms with Crippen molar-refractivity contribution in [2.45, 2.75) is 33.9 Å². The molecule has 2 aromatic carbocycles. The van der Waals surface area contributed by atoms with Gasteiger partial charge in [0.25, 0.3) is 0 Å². The average molecular weight is 345 g/mol. The maximum Gasteiger partial charge on any atom is 0.120 e. The monoisotopic (exact) mass is 344 g/mol. The normalized spacial score (nSPS) is 11.2. The predicted molar refractivity (Wildman–Crippen MR) is 96.9 cm³/mol. The van der Waals surface area contributed by atoms with E-state index in [1.807, 2.05) is 51.1 Å². The van der Waals surface area contributed by atoms with Gasteiger partial charge in [-0.3, -0.25) is 0 Å². The summed E-state index contributed by atoms with van der Waals surface area (Å²) in [7, 11) is 0. The molecule has 0 fully saturated rings. The van der Waals surface area contributed by atoms with Gasteiger partial charge in [0.15, 0.2) is 0 Å². The highest BCUT2D eigenvalue weighted by molar-refractivity contribution is 6.31. The molecule has 1 heterocycles. The van der Waals surface area contributed by atoms with E-state index in [2.05, 4.69) is 9.55 Å². The maximum atomic E-state index is 9.47. The number of aromatic nitrogens is 2. The van der Waals surface area contributed by atoms with Gasteiger partial charge in [-0.15, -0.1) is 0 Å². The molecule has 0 saturated carbocycles. The largest absolute Gasteiger partial charge is 0.494 e. The van der Waals surface area contributed by atoms with Gasteiger partial charge in [-0.25, -0.2) is 4.98 Å². The van der Waals surface area contributed by atoms with Crippen molar-refractivity contribution in [3.63, 3.8) is 0 Å². The molecule has 0 aliphatic rings. The number of nitrogens with zero attached hydrogens (tertiary/aromatic N) is 2. The second-order valence-electron chi connectivity index (χ2n) is 5.87. The smallest absolute Gasteiger partial charge is 0.120 e. The van der Waals surface area contributed by atoms with Crippen LogP contribution in [-0.4, -0.2) is 21.3 Å². The molecule has 0 spiro atoms. The number of rotatable bonds is 5. The third kappa shape index (κ3) is 3.12. The van der Waals surface area contributed by atoms with Crippen LogP contribution >= 0.6 is 11.6 Å². The van der Waals surface area contributed by atoms with Crippen molar-refractivity contribution in [3.8, 4) is 5.75 Å². The molecule has 0 amide bonds. The topological polar surface area (TPSA) is 47.3 Å². The fourth-order valence-electron chi connectivity index (χ4n) is 2.96. The fourth-order valence-corrected chi connectivity index (χ4v) is 3.19. The Kier molecular flexibility index (Phi) is 4.78. The van der Waals surface area contributed by atoms with Crippen LogP contribution in [0.25, 0.3) is 11.0 Å². The van der Waals surface area contributed by atoms with Gasteiger partial charge in [-0.05, 0) is 55.7 Å². The van der Waals surface area contributed by atoms with Gasteiger partial charge < -0.3 is 14.4 Å². The summed E-state index contributed by atoms with van der Waals surface area (Å²) in [6.45, 7) is 7.21. The van der Waals surface area contributed by atoms with Crippen molar-refractivity contribution >= 4 is 22.6 Å². The van der Waals surface area contributed by atoms with Crippen molar-refractivity contribution in [2.24, 2.45) is 0 Å². The summed E-state index contributed by atoms with van der Waals surface area (Å²) in [5, 5.41) is 10.1. The summed E-state index contributed by atoms with van der Waals surface area (Å²) in [4.78, 5) is 4.67.